The SMILES string of the molecule is CCCCCCCC[N+]1=C(/C=C2/C(=O)C(c3ccc(-c4ccc(-c5ccc(N(c6ccc7c(c6)C(C)(C)c6ccccc6-7)c6ccc7c(c6)C(C)(C)c6ccccc6-7)cc5)s4)n3C)=C2[O-])C(C)(C)c2cc(-c3ccc(/C=C(\C#N)C(=O)OCCCCCC)s3)ccc21. The minimum atomic E-state index is -0.595. The Morgan fingerprint density at radius 3 is 1.78 bits per heavy atom. The van der Waals surface area contributed by atoms with Crippen molar-refractivity contribution >= 4 is 74.5 Å². The number of carbonyl (C=O) groups is 2. The Labute approximate surface area is 550 Å². The number of hydrogen-bond acceptors (Lipinski definition) is 8. The number of ether oxygens (including phenoxy) is 1. The van der Waals surface area contributed by atoms with E-state index >= 15 is 0 Å². The molecule has 92 heavy (non-hydrogen) atoms. The maximum atomic E-state index is 14.6. The molecule has 4 aliphatic rings. The van der Waals surface area contributed by atoms with Crippen LogP contribution in [0.5, 0.6) is 0 Å². The molecule has 4 heterocycles. The molecule has 0 fully saturated rings. The molecule has 0 bridgehead atoms. The van der Waals surface area contributed by atoms with Crippen LogP contribution in [0.25, 0.3) is 65.4 Å². The summed E-state index contributed by atoms with van der Waals surface area (Å²) in [7, 11) is 1.95. The van der Waals surface area contributed by atoms with Crippen LogP contribution >= 0.6 is 22.7 Å². The van der Waals surface area contributed by atoms with Gasteiger partial charge in [-0.05, 0) is 173 Å². The average molecular weight is 1250 g/mol. The van der Waals surface area contributed by atoms with E-state index in [4.69, 9.17) is 4.74 Å². The summed E-state index contributed by atoms with van der Waals surface area (Å²) in [4.78, 5) is 33.8. The summed E-state index contributed by atoms with van der Waals surface area (Å²) in [6, 6.07) is 61.4. The summed E-state index contributed by atoms with van der Waals surface area (Å²) in [5.74, 6) is -1.06. The second kappa shape index (κ2) is 25.0. The second-order valence-corrected chi connectivity index (χ2v) is 29.0. The van der Waals surface area contributed by atoms with Crippen LogP contribution in [0.3, 0.4) is 0 Å². The Morgan fingerprint density at radius 1 is 0.587 bits per heavy atom. The fourth-order valence-electron chi connectivity index (χ4n) is 14.7. The van der Waals surface area contributed by atoms with Crippen molar-refractivity contribution in [1.82, 2.24) is 4.57 Å². The number of benzene rings is 6. The van der Waals surface area contributed by atoms with E-state index in [0.29, 0.717) is 12.3 Å². The number of Topliss-reactive ketones (excluding diaryl/α,β-unsaturated/α-hetero) is 1. The van der Waals surface area contributed by atoms with Crippen LogP contribution in [0, 0.1) is 11.3 Å². The lowest BCUT2D eigenvalue weighted by atomic mass is 9.78. The Bertz CT molecular complexity index is 4480. The van der Waals surface area contributed by atoms with Crippen LogP contribution in [0.15, 0.2) is 187 Å². The molecule has 0 unspecified atom stereocenters. The molecular weight excluding hydrogens is 1170 g/mol. The van der Waals surface area contributed by atoms with E-state index in [1.807, 2.05) is 48.0 Å². The average Bonchev–Trinajstić information content (AvgIpc) is 1.26. The lowest BCUT2D eigenvalue weighted by Gasteiger charge is -2.31. The van der Waals surface area contributed by atoms with E-state index in [1.54, 1.807) is 17.4 Å². The molecule has 8 nitrogen and oxygen atoms in total. The molecule has 464 valence electrons. The molecule has 0 atom stereocenters. The minimum Gasteiger partial charge on any atom is -0.871 e. The van der Waals surface area contributed by atoms with Gasteiger partial charge in [0.2, 0.25) is 5.69 Å². The molecular formula is C82H80N4O4S2. The zero-order chi connectivity index (χ0) is 64.2. The number of fused-ring (bicyclic) bond motifs is 7. The number of carbonyl (C=O) groups excluding carboxylic acids is 2. The Morgan fingerprint density at radius 2 is 1.14 bits per heavy atom. The molecule has 10 heteroatoms. The molecule has 6 aromatic carbocycles. The number of rotatable bonds is 22. The quantitative estimate of drug-likeness (QED) is 0.0220. The van der Waals surface area contributed by atoms with E-state index in [-0.39, 0.29) is 39.1 Å². The monoisotopic (exact) mass is 1250 g/mol. The van der Waals surface area contributed by atoms with E-state index in [0.717, 1.165) is 122 Å². The van der Waals surface area contributed by atoms with Crippen molar-refractivity contribution in [2.24, 2.45) is 7.05 Å². The van der Waals surface area contributed by atoms with Crippen LogP contribution in [0.1, 0.15) is 158 Å². The highest BCUT2D eigenvalue weighted by Crippen LogP contribution is 2.54. The number of ketones is 1. The highest BCUT2D eigenvalue weighted by molar-refractivity contribution is 7.18. The molecule has 0 radical (unpaired) electrons. The standard InChI is InChI=1S/C82H80N4O4S2/c1-10-12-14-16-17-22-44-85-69-38-30-53(73-41-35-58(91-73)46-54(51-83)79(89)90-45-23-15-13-11-2)47-68(69)82(7,8)75(85)50-63-77(87)76(78(63)88)71-40-39-70(84(71)9)74-43-42-72(92-74)52-28-31-55(32-29-52)86(56-33-36-61-59-24-18-20-26-64(59)80(3,4)66(61)48-56)57-34-37-62-60-25-19-21-27-65(60)81(5,6)67(62)49-57/h18-21,24-43,46-50H,10-17,22-23,44-45H2,1-9H3/b54-46+. The third-order valence-corrected chi connectivity index (χ3v) is 22.2. The Hall–Kier alpha value is -8.88. The lowest BCUT2D eigenvalue weighted by molar-refractivity contribution is -0.438. The summed E-state index contributed by atoms with van der Waals surface area (Å²) in [5.41, 5.74) is 20.2. The molecule has 0 amide bonds. The Kier molecular flexibility index (Phi) is 16.8. The maximum absolute atomic E-state index is 14.6. The summed E-state index contributed by atoms with van der Waals surface area (Å²) < 4.78 is 9.77. The molecule has 0 saturated carbocycles. The first-order valence-corrected chi connectivity index (χ1v) is 34.6. The van der Waals surface area contributed by atoms with Crippen LogP contribution in [0.4, 0.5) is 22.7 Å². The van der Waals surface area contributed by atoms with Gasteiger partial charge >= 0.3 is 5.97 Å². The van der Waals surface area contributed by atoms with Gasteiger partial charge in [0, 0.05) is 84.8 Å². The van der Waals surface area contributed by atoms with Gasteiger partial charge < -0.3 is 19.3 Å². The van der Waals surface area contributed by atoms with Crippen molar-refractivity contribution in [2.45, 2.75) is 136 Å². The molecule has 9 aromatic rings. The predicted octanol–water partition coefficient (Wildman–Crippen LogP) is 20.3. The molecule has 0 saturated heterocycles. The van der Waals surface area contributed by atoms with Crippen molar-refractivity contribution in [1.29, 1.82) is 5.26 Å². The smallest absolute Gasteiger partial charge is 0.348 e. The van der Waals surface area contributed by atoms with Crippen molar-refractivity contribution in [3.63, 3.8) is 0 Å². The number of unbranched alkanes of at least 4 members (excludes halogenated alkanes) is 8. The summed E-state index contributed by atoms with van der Waals surface area (Å²) >= 11 is 3.21. The van der Waals surface area contributed by atoms with Gasteiger partial charge in [0.25, 0.3) is 0 Å². The third-order valence-electron chi connectivity index (χ3n) is 19.9. The number of thiophene rings is 2. The van der Waals surface area contributed by atoms with Gasteiger partial charge in [0.1, 0.15) is 18.2 Å². The largest absolute Gasteiger partial charge is 0.871 e. The highest BCUT2D eigenvalue weighted by atomic mass is 32.1. The summed E-state index contributed by atoms with van der Waals surface area (Å²) in [6.07, 6.45) is 14.3. The van der Waals surface area contributed by atoms with Crippen LogP contribution in [-0.2, 0) is 37.6 Å². The summed E-state index contributed by atoms with van der Waals surface area (Å²) in [6.45, 7) is 19.2. The fraction of sp³-hybridized carbons (Fsp3) is 0.293. The molecule has 1 aliphatic heterocycles. The van der Waals surface area contributed by atoms with E-state index in [2.05, 4.69) is 204 Å². The second-order valence-electron chi connectivity index (χ2n) is 26.8. The number of aromatic nitrogens is 1. The van der Waals surface area contributed by atoms with E-state index in [1.165, 1.54) is 75.1 Å². The van der Waals surface area contributed by atoms with Crippen LogP contribution < -0.4 is 10.0 Å². The molecule has 3 aliphatic carbocycles. The first-order chi connectivity index (χ1) is 44.4. The van der Waals surface area contributed by atoms with Gasteiger partial charge in [-0.3, -0.25) is 4.79 Å². The number of allylic oxidation sites excluding steroid dienone is 3. The lowest BCUT2D eigenvalue weighted by Crippen LogP contribution is -2.34. The number of nitrogens with zero attached hydrogens (tertiary/aromatic N) is 4. The minimum absolute atomic E-state index is 0.0155. The van der Waals surface area contributed by atoms with Gasteiger partial charge in [-0.15, -0.1) is 22.7 Å². The van der Waals surface area contributed by atoms with Gasteiger partial charge in [-0.2, -0.15) is 9.84 Å². The number of hydrogen-bond donors (Lipinski definition) is 0. The topological polar surface area (TPSA) is 101 Å². The van der Waals surface area contributed by atoms with Gasteiger partial charge in [-0.25, -0.2) is 4.79 Å². The molecule has 13 rings (SSSR count). The fourth-order valence-corrected chi connectivity index (χ4v) is 16.7. The first kappa shape index (κ1) is 62.0. The number of esters is 1. The van der Waals surface area contributed by atoms with Crippen molar-refractivity contribution in [3.8, 4) is 59.8 Å². The zero-order valence-corrected chi connectivity index (χ0v) is 56.1. The molecule has 0 spiro atoms. The molecule has 0 N–H and O–H groups in total. The van der Waals surface area contributed by atoms with Crippen molar-refractivity contribution in [2.75, 3.05) is 18.1 Å². The van der Waals surface area contributed by atoms with Gasteiger partial charge in [0.15, 0.2) is 11.5 Å². The normalized spacial score (nSPS) is 15.9. The maximum Gasteiger partial charge on any atom is 0.348 e. The van der Waals surface area contributed by atoms with Crippen molar-refractivity contribution in [3.05, 3.63) is 225 Å². The molecule has 3 aromatic heterocycles. The number of anilines is 3. The zero-order valence-electron chi connectivity index (χ0n) is 54.5. The third kappa shape index (κ3) is 10.9. The highest BCUT2D eigenvalue weighted by Gasteiger charge is 2.46. The number of nitriles is 1. The van der Waals surface area contributed by atoms with Crippen LogP contribution in [0.2, 0.25) is 0 Å². The predicted molar refractivity (Wildman–Crippen MR) is 379 cm³/mol. The van der Waals surface area contributed by atoms with E-state index in [9.17, 15) is 20.0 Å². The summed E-state index contributed by atoms with van der Waals surface area (Å²) in [5, 5.41) is 24.4. The van der Waals surface area contributed by atoms with Gasteiger partial charge in [-0.1, -0.05) is 165 Å². The van der Waals surface area contributed by atoms with Crippen molar-refractivity contribution < 1.29 is 24.0 Å². The van der Waals surface area contributed by atoms with Gasteiger partial charge in [0.05, 0.1) is 28.3 Å². The van der Waals surface area contributed by atoms with E-state index < -0.39 is 11.4 Å². The Balaban J connectivity index is 0.765. The first-order valence-electron chi connectivity index (χ1n) is 33.0. The van der Waals surface area contributed by atoms with Crippen LogP contribution in [-0.4, -0.2) is 39.8 Å².